The Bertz CT molecular complexity index is 257. The summed E-state index contributed by atoms with van der Waals surface area (Å²) in [4.78, 5) is 22.1. The lowest BCUT2D eigenvalue weighted by molar-refractivity contribution is -0.158. The number of carbonyl (C=O) groups is 2. The van der Waals surface area contributed by atoms with Crippen molar-refractivity contribution in [2.45, 2.75) is 38.5 Å². The van der Waals surface area contributed by atoms with E-state index in [4.69, 9.17) is 5.11 Å². The minimum Gasteiger partial charge on any atom is -0.481 e. The molecule has 2 aliphatic carbocycles. The molecule has 0 radical (unpaired) electrons. The molecule has 0 bridgehead atoms. The van der Waals surface area contributed by atoms with E-state index in [0.717, 1.165) is 25.7 Å². The summed E-state index contributed by atoms with van der Waals surface area (Å²) in [6.07, 6.45) is 4.72. The van der Waals surface area contributed by atoms with E-state index in [9.17, 15) is 9.59 Å². The molecule has 3 nitrogen and oxygen atoms in total. The molecule has 0 aromatic carbocycles. The van der Waals surface area contributed by atoms with Crippen LogP contribution in [0.15, 0.2) is 0 Å². The number of aliphatic carboxylic acids is 1. The molecule has 0 amide bonds. The second kappa shape index (κ2) is 2.82. The highest BCUT2D eigenvalue weighted by atomic mass is 16.4. The molecular formula is C10H14O3. The number of rotatable bonds is 1. The lowest BCUT2D eigenvalue weighted by Gasteiger charge is -2.49. The van der Waals surface area contributed by atoms with Gasteiger partial charge in [-0.1, -0.05) is 0 Å². The second-order valence-electron chi connectivity index (χ2n) is 4.36. The summed E-state index contributed by atoms with van der Waals surface area (Å²) in [6, 6.07) is 0. The van der Waals surface area contributed by atoms with Crippen LogP contribution in [0.1, 0.15) is 38.5 Å². The van der Waals surface area contributed by atoms with Crippen LogP contribution in [-0.4, -0.2) is 16.9 Å². The van der Waals surface area contributed by atoms with Crippen molar-refractivity contribution in [1.82, 2.24) is 0 Å². The highest BCUT2D eigenvalue weighted by Gasteiger charge is 2.52. The predicted molar refractivity (Wildman–Crippen MR) is 46.3 cm³/mol. The Morgan fingerprint density at radius 2 is 2.23 bits per heavy atom. The average molecular weight is 182 g/mol. The zero-order chi connectivity index (χ0) is 9.47. The van der Waals surface area contributed by atoms with E-state index in [0.29, 0.717) is 12.8 Å². The van der Waals surface area contributed by atoms with Crippen LogP contribution in [0.2, 0.25) is 0 Å². The van der Waals surface area contributed by atoms with E-state index in [-0.39, 0.29) is 17.1 Å². The summed E-state index contributed by atoms with van der Waals surface area (Å²) in [7, 11) is 0. The average Bonchev–Trinajstić information content (AvgIpc) is 2.01. The normalized spacial score (nSPS) is 38.8. The molecule has 0 aromatic rings. The van der Waals surface area contributed by atoms with Gasteiger partial charge in [-0.05, 0) is 31.1 Å². The van der Waals surface area contributed by atoms with Crippen LogP contribution in [0.5, 0.6) is 0 Å². The van der Waals surface area contributed by atoms with Gasteiger partial charge in [-0.25, -0.2) is 0 Å². The number of hydrogen-bond donors (Lipinski definition) is 1. The minimum absolute atomic E-state index is 0.138. The summed E-state index contributed by atoms with van der Waals surface area (Å²) >= 11 is 0. The molecule has 0 aliphatic heterocycles. The van der Waals surface area contributed by atoms with Gasteiger partial charge in [0.05, 0.1) is 5.92 Å². The summed E-state index contributed by atoms with van der Waals surface area (Å²) in [5, 5.41) is 8.93. The molecule has 2 rings (SSSR count). The third kappa shape index (κ3) is 1.26. The molecule has 72 valence electrons. The molecule has 0 heterocycles. The van der Waals surface area contributed by atoms with Crippen molar-refractivity contribution in [2.75, 3.05) is 0 Å². The summed E-state index contributed by atoms with van der Waals surface area (Å²) in [6.45, 7) is 0. The van der Waals surface area contributed by atoms with Gasteiger partial charge in [0.15, 0.2) is 0 Å². The number of ketones is 1. The number of carbonyl (C=O) groups excluding carboxylic acids is 1. The van der Waals surface area contributed by atoms with Gasteiger partial charge in [0, 0.05) is 12.8 Å². The van der Waals surface area contributed by atoms with Crippen molar-refractivity contribution in [3.05, 3.63) is 0 Å². The van der Waals surface area contributed by atoms with E-state index >= 15 is 0 Å². The Kier molecular flexibility index (Phi) is 1.90. The third-order valence-electron chi connectivity index (χ3n) is 3.65. The Hall–Kier alpha value is -0.860. The number of hydrogen-bond acceptors (Lipinski definition) is 2. The van der Waals surface area contributed by atoms with Gasteiger partial charge in [0.2, 0.25) is 0 Å². The van der Waals surface area contributed by atoms with Crippen LogP contribution in [0.25, 0.3) is 0 Å². The molecule has 2 unspecified atom stereocenters. The molecule has 13 heavy (non-hydrogen) atoms. The Labute approximate surface area is 77.1 Å². The monoisotopic (exact) mass is 182 g/mol. The first-order valence-electron chi connectivity index (χ1n) is 4.89. The first-order valence-corrected chi connectivity index (χ1v) is 4.89. The van der Waals surface area contributed by atoms with E-state index in [1.165, 1.54) is 0 Å². The predicted octanol–water partition coefficient (Wildman–Crippen LogP) is 1.61. The van der Waals surface area contributed by atoms with Gasteiger partial charge >= 0.3 is 5.97 Å². The maximum atomic E-state index is 11.2. The van der Waals surface area contributed by atoms with E-state index in [1.54, 1.807) is 0 Å². The fourth-order valence-corrected chi connectivity index (χ4v) is 2.80. The van der Waals surface area contributed by atoms with Crippen LogP contribution < -0.4 is 0 Å². The quantitative estimate of drug-likeness (QED) is 0.670. The lowest BCUT2D eigenvalue weighted by atomic mass is 9.54. The van der Waals surface area contributed by atoms with Crippen molar-refractivity contribution in [2.24, 2.45) is 11.3 Å². The van der Waals surface area contributed by atoms with Crippen LogP contribution in [0.3, 0.4) is 0 Å². The molecule has 0 aromatic heterocycles. The van der Waals surface area contributed by atoms with Crippen LogP contribution in [0.4, 0.5) is 0 Å². The lowest BCUT2D eigenvalue weighted by Crippen LogP contribution is -2.47. The summed E-state index contributed by atoms with van der Waals surface area (Å²) in [5.74, 6) is -0.685. The van der Waals surface area contributed by atoms with Crippen molar-refractivity contribution >= 4 is 11.8 Å². The Balaban J connectivity index is 2.11. The van der Waals surface area contributed by atoms with E-state index < -0.39 is 5.97 Å². The summed E-state index contributed by atoms with van der Waals surface area (Å²) < 4.78 is 0. The number of carboxylic acid groups (broad SMARTS) is 1. The number of carboxylic acids is 1. The van der Waals surface area contributed by atoms with Crippen molar-refractivity contribution in [3.63, 3.8) is 0 Å². The topological polar surface area (TPSA) is 54.4 Å². The molecule has 2 saturated carbocycles. The third-order valence-corrected chi connectivity index (χ3v) is 3.65. The molecular weight excluding hydrogens is 168 g/mol. The number of Topliss-reactive ketones (excluding diaryl/α,β-unsaturated/α-hetero) is 1. The highest BCUT2D eigenvalue weighted by molar-refractivity contribution is 5.82. The van der Waals surface area contributed by atoms with E-state index in [1.807, 2.05) is 0 Å². The van der Waals surface area contributed by atoms with Crippen molar-refractivity contribution in [3.8, 4) is 0 Å². The highest BCUT2D eigenvalue weighted by Crippen LogP contribution is 2.54. The molecule has 0 saturated heterocycles. The molecule has 2 atom stereocenters. The van der Waals surface area contributed by atoms with Crippen LogP contribution in [0, 0.1) is 11.3 Å². The maximum Gasteiger partial charge on any atom is 0.307 e. The maximum absolute atomic E-state index is 11.2. The van der Waals surface area contributed by atoms with Crippen molar-refractivity contribution in [1.29, 1.82) is 0 Å². The van der Waals surface area contributed by atoms with E-state index in [2.05, 4.69) is 0 Å². The van der Waals surface area contributed by atoms with Crippen LogP contribution in [-0.2, 0) is 9.59 Å². The molecule has 2 fully saturated rings. The minimum atomic E-state index is -0.707. The molecule has 2 aliphatic rings. The van der Waals surface area contributed by atoms with Gasteiger partial charge in [-0.15, -0.1) is 0 Å². The van der Waals surface area contributed by atoms with Crippen LogP contribution >= 0.6 is 0 Å². The molecule has 1 spiro atoms. The Morgan fingerprint density at radius 1 is 1.46 bits per heavy atom. The van der Waals surface area contributed by atoms with Gasteiger partial charge in [0.1, 0.15) is 5.78 Å². The fraction of sp³-hybridized carbons (Fsp3) is 0.800. The largest absolute Gasteiger partial charge is 0.481 e. The second-order valence-corrected chi connectivity index (χ2v) is 4.36. The van der Waals surface area contributed by atoms with Gasteiger partial charge in [-0.3, -0.25) is 9.59 Å². The first-order chi connectivity index (χ1) is 6.14. The smallest absolute Gasteiger partial charge is 0.307 e. The van der Waals surface area contributed by atoms with Gasteiger partial charge in [0.25, 0.3) is 0 Å². The SMILES string of the molecule is O=C1CCCC2(CCC2C(=O)O)C1. The van der Waals surface area contributed by atoms with Gasteiger partial charge < -0.3 is 5.11 Å². The molecule has 3 heteroatoms. The summed E-state index contributed by atoms with van der Waals surface area (Å²) in [5.41, 5.74) is -0.138. The standard InChI is InChI=1S/C10H14O3/c11-7-2-1-4-10(6-7)5-3-8(10)9(12)13/h8H,1-6H2,(H,12,13). The zero-order valence-corrected chi connectivity index (χ0v) is 7.58. The zero-order valence-electron chi connectivity index (χ0n) is 7.58. The Morgan fingerprint density at radius 3 is 2.69 bits per heavy atom. The molecule has 1 N–H and O–H groups in total. The first kappa shape index (κ1) is 8.73. The fourth-order valence-electron chi connectivity index (χ4n) is 2.80. The van der Waals surface area contributed by atoms with Gasteiger partial charge in [-0.2, -0.15) is 0 Å². The van der Waals surface area contributed by atoms with Crippen molar-refractivity contribution < 1.29 is 14.7 Å².